The molecule has 1 aliphatic rings. The molecule has 3 aromatic rings. The molecule has 4 rings (SSSR count). The topological polar surface area (TPSA) is 17.1 Å². The van der Waals surface area contributed by atoms with E-state index >= 15 is 0 Å². The van der Waals surface area contributed by atoms with Gasteiger partial charge in [-0.3, -0.25) is 0 Å². The molecular weight excluding hydrogens is 443 g/mol. The fraction of sp³-hybridized carbons (Fsp3) is 0.242. The number of hydrogen-bond acceptors (Lipinski definition) is 1. The Hall–Kier alpha value is -3.29. The lowest BCUT2D eigenvalue weighted by atomic mass is 9.91. The molecule has 0 heterocycles. The van der Waals surface area contributed by atoms with Crippen molar-refractivity contribution in [1.29, 1.82) is 0 Å². The summed E-state index contributed by atoms with van der Waals surface area (Å²) >= 11 is 0. The minimum atomic E-state index is -3.00. The summed E-state index contributed by atoms with van der Waals surface area (Å²) in [6, 6.07) is 30.0. The number of rotatable bonds is 7. The zero-order chi connectivity index (χ0) is 24.3. The van der Waals surface area contributed by atoms with Crippen LogP contribution in [0.1, 0.15) is 57.4 Å². The van der Waals surface area contributed by atoms with Crippen LogP contribution >= 0.6 is 7.14 Å². The highest BCUT2D eigenvalue weighted by Gasteiger charge is 2.31. The third-order valence-corrected chi connectivity index (χ3v) is 9.61. The van der Waals surface area contributed by atoms with E-state index in [2.05, 4.69) is 30.6 Å². The van der Waals surface area contributed by atoms with Crippen molar-refractivity contribution in [2.24, 2.45) is 0 Å². The second kappa shape index (κ2) is 12.4. The maximum absolute atomic E-state index is 14.9. The molecule has 0 fully saturated rings. The molecule has 0 unspecified atom stereocenters. The number of allylic oxidation sites excluding steroid dienone is 3. The molecule has 0 saturated heterocycles. The Morgan fingerprint density at radius 1 is 0.800 bits per heavy atom. The highest BCUT2D eigenvalue weighted by atomic mass is 31.2. The average Bonchev–Trinajstić information content (AvgIpc) is 2.93. The van der Waals surface area contributed by atoms with Crippen molar-refractivity contribution in [3.8, 4) is 11.8 Å². The molecule has 1 aliphatic carbocycles. The molecule has 0 radical (unpaired) electrons. The normalized spacial score (nSPS) is 13.4. The van der Waals surface area contributed by atoms with Crippen LogP contribution in [0.25, 0.3) is 0 Å². The van der Waals surface area contributed by atoms with Gasteiger partial charge in [-0.1, -0.05) is 104 Å². The minimum Gasteiger partial charge on any atom is -0.308 e. The van der Waals surface area contributed by atoms with Crippen molar-refractivity contribution in [3.05, 3.63) is 125 Å². The van der Waals surface area contributed by atoms with Crippen molar-refractivity contribution in [2.45, 2.75) is 51.9 Å². The van der Waals surface area contributed by atoms with E-state index in [-0.39, 0.29) is 0 Å². The predicted molar refractivity (Wildman–Crippen MR) is 150 cm³/mol. The monoisotopic (exact) mass is 476 g/mol. The van der Waals surface area contributed by atoms with Crippen molar-refractivity contribution >= 4 is 17.8 Å². The summed E-state index contributed by atoms with van der Waals surface area (Å²) in [6.45, 7) is 2.18. The predicted octanol–water partition coefficient (Wildman–Crippen LogP) is 8.15. The standard InChI is InChI=1S/C33H33OP/c1-2-3-19-33(35(34,31-20-9-5-10-21-31)32-22-11-6-12-23-32)27-26-30-18-14-13-17-29(30)25-24-28-15-7-4-8-16-28/h4-12,15-16,20-23,26H,2-3,13-14,17-19H2,1H3. The number of hydrogen-bond donors (Lipinski definition) is 0. The number of benzene rings is 3. The average molecular weight is 477 g/mol. The first-order valence-corrected chi connectivity index (χ1v) is 14.4. The van der Waals surface area contributed by atoms with E-state index in [1.165, 1.54) is 11.1 Å². The zero-order valence-corrected chi connectivity index (χ0v) is 21.4. The third-order valence-electron chi connectivity index (χ3n) is 6.44. The van der Waals surface area contributed by atoms with Crippen molar-refractivity contribution in [1.82, 2.24) is 0 Å². The second-order valence-corrected chi connectivity index (χ2v) is 11.7. The first-order chi connectivity index (χ1) is 17.2. The first-order valence-electron chi connectivity index (χ1n) is 12.7. The Morgan fingerprint density at radius 3 is 1.97 bits per heavy atom. The van der Waals surface area contributed by atoms with Crippen molar-refractivity contribution < 1.29 is 4.57 Å². The fourth-order valence-corrected chi connectivity index (χ4v) is 7.30. The van der Waals surface area contributed by atoms with Crippen LogP contribution < -0.4 is 10.6 Å². The molecule has 0 bridgehead atoms. The van der Waals surface area contributed by atoms with Crippen LogP contribution in [0.15, 0.2) is 119 Å². The van der Waals surface area contributed by atoms with Crippen LogP contribution in [0.5, 0.6) is 0 Å². The summed E-state index contributed by atoms with van der Waals surface area (Å²) in [6.07, 6.45) is 9.20. The molecule has 35 heavy (non-hydrogen) atoms. The fourth-order valence-electron chi connectivity index (χ4n) is 4.47. The zero-order valence-electron chi connectivity index (χ0n) is 20.5. The summed E-state index contributed by atoms with van der Waals surface area (Å²) in [5.41, 5.74) is 7.05. The van der Waals surface area contributed by atoms with E-state index in [1.807, 2.05) is 91.0 Å². The van der Waals surface area contributed by atoms with Gasteiger partial charge in [-0.25, -0.2) is 0 Å². The van der Waals surface area contributed by atoms with Crippen LogP contribution in [0, 0.1) is 11.8 Å². The quantitative estimate of drug-likeness (QED) is 0.191. The van der Waals surface area contributed by atoms with Gasteiger partial charge in [0.2, 0.25) is 0 Å². The molecule has 0 aromatic heterocycles. The van der Waals surface area contributed by atoms with Gasteiger partial charge in [-0.2, -0.15) is 0 Å². The molecule has 2 heteroatoms. The van der Waals surface area contributed by atoms with Gasteiger partial charge in [-0.05, 0) is 62.3 Å². The van der Waals surface area contributed by atoms with Gasteiger partial charge >= 0.3 is 0 Å². The highest BCUT2D eigenvalue weighted by molar-refractivity contribution is 7.82. The molecule has 0 saturated carbocycles. The number of unbranched alkanes of at least 4 members (excludes halogenated alkanes) is 1. The summed E-state index contributed by atoms with van der Waals surface area (Å²) in [7, 11) is -3.00. The van der Waals surface area contributed by atoms with E-state index in [9.17, 15) is 4.57 Å². The Bertz CT molecular complexity index is 1270. The van der Waals surface area contributed by atoms with Crippen LogP contribution in [-0.2, 0) is 4.57 Å². The Labute approximate surface area is 210 Å². The minimum absolute atomic E-state index is 0.770. The lowest BCUT2D eigenvalue weighted by Gasteiger charge is -2.21. The summed E-state index contributed by atoms with van der Waals surface area (Å²) in [4.78, 5) is 0. The van der Waals surface area contributed by atoms with E-state index in [0.29, 0.717) is 0 Å². The molecule has 0 N–H and O–H groups in total. The second-order valence-electron chi connectivity index (χ2n) is 8.95. The summed E-state index contributed by atoms with van der Waals surface area (Å²) in [5.74, 6) is 6.77. The van der Waals surface area contributed by atoms with Crippen LogP contribution in [-0.4, -0.2) is 0 Å². The Balaban J connectivity index is 1.84. The lowest BCUT2D eigenvalue weighted by molar-refractivity contribution is 0.589. The third kappa shape index (κ3) is 6.24. The summed E-state index contributed by atoms with van der Waals surface area (Å²) in [5, 5.41) is 2.66. The van der Waals surface area contributed by atoms with E-state index in [1.54, 1.807) is 0 Å². The largest absolute Gasteiger partial charge is 0.308 e. The van der Waals surface area contributed by atoms with E-state index in [0.717, 1.165) is 66.4 Å². The first kappa shape index (κ1) is 24.8. The lowest BCUT2D eigenvalue weighted by Crippen LogP contribution is -2.17. The Morgan fingerprint density at radius 2 is 1.37 bits per heavy atom. The molecule has 0 atom stereocenters. The van der Waals surface area contributed by atoms with E-state index < -0.39 is 7.14 Å². The smallest absolute Gasteiger partial charge is 0.174 e. The molecule has 1 nitrogen and oxygen atoms in total. The van der Waals surface area contributed by atoms with Gasteiger partial charge in [0.15, 0.2) is 7.14 Å². The van der Waals surface area contributed by atoms with Crippen molar-refractivity contribution in [2.75, 3.05) is 0 Å². The Kier molecular flexibility index (Phi) is 8.81. The maximum atomic E-state index is 14.9. The van der Waals surface area contributed by atoms with Gasteiger partial charge in [-0.15, -0.1) is 5.73 Å². The molecule has 0 spiro atoms. The molecule has 0 amide bonds. The van der Waals surface area contributed by atoms with Gasteiger partial charge in [0, 0.05) is 27.1 Å². The van der Waals surface area contributed by atoms with Crippen LogP contribution in [0.4, 0.5) is 0 Å². The molecule has 3 aromatic carbocycles. The molecule has 0 aliphatic heterocycles. The van der Waals surface area contributed by atoms with Gasteiger partial charge in [0.05, 0.1) is 0 Å². The van der Waals surface area contributed by atoms with E-state index in [4.69, 9.17) is 0 Å². The van der Waals surface area contributed by atoms with Gasteiger partial charge in [0.25, 0.3) is 0 Å². The van der Waals surface area contributed by atoms with Gasteiger partial charge in [0.1, 0.15) is 0 Å². The summed E-state index contributed by atoms with van der Waals surface area (Å²) < 4.78 is 14.9. The van der Waals surface area contributed by atoms with Crippen LogP contribution in [0.2, 0.25) is 0 Å². The molecular formula is C33H33OP. The van der Waals surface area contributed by atoms with Crippen LogP contribution in [0.3, 0.4) is 0 Å². The van der Waals surface area contributed by atoms with Gasteiger partial charge < -0.3 is 4.57 Å². The maximum Gasteiger partial charge on any atom is 0.174 e. The SMILES string of the molecule is CCCCC(=C=CC1=C(C#Cc2ccccc2)CCCC1)P(=O)(c1ccccc1)c1ccccc1. The highest BCUT2D eigenvalue weighted by Crippen LogP contribution is 2.53. The van der Waals surface area contributed by atoms with Crippen molar-refractivity contribution in [3.63, 3.8) is 0 Å². The molecule has 176 valence electrons.